The van der Waals surface area contributed by atoms with E-state index in [4.69, 9.17) is 11.6 Å². The minimum absolute atomic E-state index is 0.760. The Hall–Kier alpha value is -1.51. The lowest BCUT2D eigenvalue weighted by atomic mass is 9.99. The molecule has 0 unspecified atom stereocenters. The van der Waals surface area contributed by atoms with Crippen molar-refractivity contribution in [3.63, 3.8) is 0 Å². The van der Waals surface area contributed by atoms with E-state index in [1.807, 2.05) is 30.6 Å². The number of benzene rings is 2. The number of nitrogens with zero attached hydrogens (tertiary/aromatic N) is 1. The van der Waals surface area contributed by atoms with Gasteiger partial charge in [-0.05, 0) is 41.5 Å². The van der Waals surface area contributed by atoms with E-state index in [0.29, 0.717) is 0 Å². The van der Waals surface area contributed by atoms with Gasteiger partial charge >= 0.3 is 0 Å². The van der Waals surface area contributed by atoms with E-state index >= 15 is 0 Å². The number of rotatable bonds is 2. The SMILES string of the molecule is CSc1ccc2cnccc2c1-c1cccc(Cl)c1. The van der Waals surface area contributed by atoms with Gasteiger partial charge in [0.15, 0.2) is 0 Å². The van der Waals surface area contributed by atoms with Crippen LogP contribution in [-0.4, -0.2) is 11.2 Å². The summed E-state index contributed by atoms with van der Waals surface area (Å²) in [5.41, 5.74) is 2.38. The summed E-state index contributed by atoms with van der Waals surface area (Å²) in [6, 6.07) is 14.3. The molecule has 94 valence electrons. The number of pyridine rings is 1. The molecule has 3 aromatic rings. The van der Waals surface area contributed by atoms with E-state index < -0.39 is 0 Å². The van der Waals surface area contributed by atoms with Gasteiger partial charge in [0.05, 0.1) is 0 Å². The first-order chi connectivity index (χ1) is 9.29. The van der Waals surface area contributed by atoms with Crippen LogP contribution < -0.4 is 0 Å². The fourth-order valence-electron chi connectivity index (χ4n) is 2.26. The maximum absolute atomic E-state index is 6.12. The van der Waals surface area contributed by atoms with Crippen molar-refractivity contribution in [2.45, 2.75) is 4.90 Å². The summed E-state index contributed by atoms with van der Waals surface area (Å²) in [5, 5.41) is 3.12. The second kappa shape index (κ2) is 5.24. The monoisotopic (exact) mass is 285 g/mol. The van der Waals surface area contributed by atoms with Crippen LogP contribution in [0.1, 0.15) is 0 Å². The Labute approximate surface area is 121 Å². The molecule has 3 rings (SSSR count). The van der Waals surface area contributed by atoms with Crippen molar-refractivity contribution in [1.82, 2.24) is 4.98 Å². The van der Waals surface area contributed by atoms with Crippen LogP contribution in [0.3, 0.4) is 0 Å². The molecule has 0 saturated carbocycles. The average molecular weight is 286 g/mol. The van der Waals surface area contributed by atoms with Gasteiger partial charge in [-0.15, -0.1) is 11.8 Å². The Morgan fingerprint density at radius 1 is 1.11 bits per heavy atom. The molecule has 0 fully saturated rings. The lowest BCUT2D eigenvalue weighted by molar-refractivity contribution is 1.35. The minimum atomic E-state index is 0.760. The second-order valence-electron chi connectivity index (χ2n) is 4.25. The first-order valence-electron chi connectivity index (χ1n) is 5.96. The van der Waals surface area contributed by atoms with Crippen LogP contribution in [0, 0.1) is 0 Å². The zero-order chi connectivity index (χ0) is 13.2. The Morgan fingerprint density at radius 2 is 2.00 bits per heavy atom. The molecule has 1 heterocycles. The molecule has 1 nitrogen and oxygen atoms in total. The lowest BCUT2D eigenvalue weighted by Crippen LogP contribution is -1.86. The van der Waals surface area contributed by atoms with Gasteiger partial charge in [0.1, 0.15) is 0 Å². The summed E-state index contributed by atoms with van der Waals surface area (Å²) < 4.78 is 0. The van der Waals surface area contributed by atoms with Crippen molar-refractivity contribution in [3.8, 4) is 11.1 Å². The van der Waals surface area contributed by atoms with Gasteiger partial charge in [-0.1, -0.05) is 29.8 Å². The number of hydrogen-bond donors (Lipinski definition) is 0. The summed E-state index contributed by atoms with van der Waals surface area (Å²) >= 11 is 7.87. The van der Waals surface area contributed by atoms with E-state index in [2.05, 4.69) is 35.5 Å². The van der Waals surface area contributed by atoms with Crippen molar-refractivity contribution in [2.24, 2.45) is 0 Å². The molecule has 0 aliphatic carbocycles. The summed E-state index contributed by atoms with van der Waals surface area (Å²) in [6.45, 7) is 0. The van der Waals surface area contributed by atoms with Gasteiger partial charge in [-0.25, -0.2) is 0 Å². The van der Waals surface area contributed by atoms with E-state index in [9.17, 15) is 0 Å². The fraction of sp³-hybridized carbons (Fsp3) is 0.0625. The number of aromatic nitrogens is 1. The second-order valence-corrected chi connectivity index (χ2v) is 5.53. The predicted molar refractivity (Wildman–Crippen MR) is 84.0 cm³/mol. The fourth-order valence-corrected chi connectivity index (χ4v) is 3.09. The maximum atomic E-state index is 6.12. The largest absolute Gasteiger partial charge is 0.264 e. The molecule has 0 atom stereocenters. The topological polar surface area (TPSA) is 12.9 Å². The van der Waals surface area contributed by atoms with E-state index in [1.165, 1.54) is 15.8 Å². The van der Waals surface area contributed by atoms with Crippen LogP contribution in [0.4, 0.5) is 0 Å². The number of thioether (sulfide) groups is 1. The Balaban J connectivity index is 2.37. The smallest absolute Gasteiger partial charge is 0.0412 e. The molecular formula is C16H12ClNS. The molecule has 0 aliphatic heterocycles. The Morgan fingerprint density at radius 3 is 2.79 bits per heavy atom. The molecular weight excluding hydrogens is 274 g/mol. The molecule has 0 N–H and O–H groups in total. The molecule has 2 aromatic carbocycles. The highest BCUT2D eigenvalue weighted by atomic mass is 35.5. The quantitative estimate of drug-likeness (QED) is 0.594. The first kappa shape index (κ1) is 12.5. The Kier molecular flexibility index (Phi) is 3.45. The third-order valence-corrected chi connectivity index (χ3v) is 4.13. The van der Waals surface area contributed by atoms with Crippen molar-refractivity contribution in [3.05, 3.63) is 59.9 Å². The van der Waals surface area contributed by atoms with Crippen molar-refractivity contribution < 1.29 is 0 Å². The molecule has 0 radical (unpaired) electrons. The third-order valence-electron chi connectivity index (χ3n) is 3.12. The van der Waals surface area contributed by atoms with Gasteiger partial charge in [0, 0.05) is 33.3 Å². The van der Waals surface area contributed by atoms with E-state index in [0.717, 1.165) is 16.0 Å². The van der Waals surface area contributed by atoms with Crippen molar-refractivity contribution in [2.75, 3.05) is 6.26 Å². The number of hydrogen-bond acceptors (Lipinski definition) is 2. The van der Waals surface area contributed by atoms with Crippen LogP contribution in [-0.2, 0) is 0 Å². The van der Waals surface area contributed by atoms with Crippen LogP contribution in [0.5, 0.6) is 0 Å². The van der Waals surface area contributed by atoms with Crippen LogP contribution >= 0.6 is 23.4 Å². The summed E-state index contributed by atoms with van der Waals surface area (Å²) in [4.78, 5) is 5.44. The minimum Gasteiger partial charge on any atom is -0.264 e. The average Bonchev–Trinajstić information content (AvgIpc) is 2.46. The Bertz CT molecular complexity index is 740. The predicted octanol–water partition coefficient (Wildman–Crippen LogP) is 5.28. The standard InChI is InChI=1S/C16H12ClNS/c1-19-15-6-5-12-10-18-8-7-14(12)16(15)11-3-2-4-13(17)9-11/h2-10H,1H3. The van der Waals surface area contributed by atoms with Gasteiger partial charge in [0.25, 0.3) is 0 Å². The molecule has 0 spiro atoms. The van der Waals surface area contributed by atoms with Crippen LogP contribution in [0.25, 0.3) is 21.9 Å². The third kappa shape index (κ3) is 2.34. The molecule has 1 aromatic heterocycles. The zero-order valence-corrected chi connectivity index (χ0v) is 12.0. The summed E-state index contributed by atoms with van der Waals surface area (Å²) in [7, 11) is 0. The normalized spacial score (nSPS) is 10.8. The highest BCUT2D eigenvalue weighted by Gasteiger charge is 2.09. The molecule has 3 heteroatoms. The highest BCUT2D eigenvalue weighted by molar-refractivity contribution is 7.98. The number of fused-ring (bicyclic) bond motifs is 1. The van der Waals surface area contributed by atoms with Crippen LogP contribution in [0.15, 0.2) is 59.8 Å². The maximum Gasteiger partial charge on any atom is 0.0412 e. The van der Waals surface area contributed by atoms with Gasteiger partial charge in [-0.2, -0.15) is 0 Å². The first-order valence-corrected chi connectivity index (χ1v) is 7.56. The molecule has 0 saturated heterocycles. The molecule has 0 aliphatic rings. The van der Waals surface area contributed by atoms with Gasteiger partial charge in [0.2, 0.25) is 0 Å². The summed E-state index contributed by atoms with van der Waals surface area (Å²) in [5.74, 6) is 0. The number of halogens is 1. The molecule has 0 amide bonds. The van der Waals surface area contributed by atoms with Gasteiger partial charge < -0.3 is 0 Å². The van der Waals surface area contributed by atoms with Gasteiger partial charge in [-0.3, -0.25) is 4.98 Å². The molecule has 19 heavy (non-hydrogen) atoms. The van der Waals surface area contributed by atoms with Crippen molar-refractivity contribution >= 4 is 34.1 Å². The lowest BCUT2D eigenvalue weighted by Gasteiger charge is -2.12. The summed E-state index contributed by atoms with van der Waals surface area (Å²) in [6.07, 6.45) is 5.82. The van der Waals surface area contributed by atoms with E-state index in [1.54, 1.807) is 11.8 Å². The zero-order valence-electron chi connectivity index (χ0n) is 10.4. The van der Waals surface area contributed by atoms with Crippen LogP contribution in [0.2, 0.25) is 5.02 Å². The highest BCUT2D eigenvalue weighted by Crippen LogP contribution is 2.37. The van der Waals surface area contributed by atoms with Crippen molar-refractivity contribution in [1.29, 1.82) is 0 Å². The molecule has 0 bridgehead atoms. The van der Waals surface area contributed by atoms with E-state index in [-0.39, 0.29) is 0 Å².